The number of nitrogens with zero attached hydrogens (tertiary/aromatic N) is 4. The van der Waals surface area contributed by atoms with Crippen LogP contribution in [-0.4, -0.2) is 47.0 Å². The molecule has 2 N–H and O–H groups in total. The van der Waals surface area contributed by atoms with Gasteiger partial charge in [-0.2, -0.15) is 4.98 Å². The number of nitrogens with one attached hydrogen (secondary N) is 2. The van der Waals surface area contributed by atoms with Crippen LogP contribution in [0.1, 0.15) is 43.5 Å². The molecular formula is C29H34N6O2. The average molecular weight is 499 g/mol. The summed E-state index contributed by atoms with van der Waals surface area (Å²) in [5.41, 5.74) is 1.35. The second-order valence-corrected chi connectivity index (χ2v) is 9.22. The number of anilines is 2. The zero-order chi connectivity index (χ0) is 24.9. The molecule has 8 heteroatoms. The van der Waals surface area contributed by atoms with Crippen LogP contribution in [0.3, 0.4) is 0 Å². The van der Waals surface area contributed by atoms with Gasteiger partial charge < -0.3 is 20.3 Å². The number of hydrogen-bond donors (Lipinski definition) is 2. The van der Waals surface area contributed by atoms with Gasteiger partial charge in [0.2, 0.25) is 11.8 Å². The van der Waals surface area contributed by atoms with E-state index in [1.165, 1.54) is 0 Å². The number of carbonyl (C=O) groups excluding carboxylic acids is 1. The van der Waals surface area contributed by atoms with Crippen LogP contribution >= 0.6 is 0 Å². The minimum Gasteiger partial charge on any atom is -0.438 e. The Labute approximate surface area is 218 Å². The Kier molecular flexibility index (Phi) is 8.18. The summed E-state index contributed by atoms with van der Waals surface area (Å²) >= 11 is 0. The minimum atomic E-state index is -0.168. The highest BCUT2D eigenvalue weighted by molar-refractivity contribution is 5.96. The Bertz CT molecular complexity index is 1340. The van der Waals surface area contributed by atoms with Crippen LogP contribution in [0, 0.1) is 0 Å². The number of fused-ring (bicyclic) bond motifs is 1. The summed E-state index contributed by atoms with van der Waals surface area (Å²) in [4.78, 5) is 28.8. The van der Waals surface area contributed by atoms with Gasteiger partial charge in [0, 0.05) is 37.8 Å². The van der Waals surface area contributed by atoms with Gasteiger partial charge in [0.15, 0.2) is 0 Å². The second kappa shape index (κ2) is 11.7. The average Bonchev–Trinajstić information content (AvgIpc) is 2.90. The van der Waals surface area contributed by atoms with Gasteiger partial charge in [-0.05, 0) is 62.1 Å². The lowest BCUT2D eigenvalue weighted by Crippen LogP contribution is -2.40. The zero-order valence-electron chi connectivity index (χ0n) is 20.5. The number of para-hydroxylation sites is 2. The fraction of sp³-hybridized carbons (Fsp3) is 0.310. The molecule has 0 atom stereocenters. The quantitative estimate of drug-likeness (QED) is 0.339. The van der Waals surface area contributed by atoms with Gasteiger partial charge in [-0.3, -0.25) is 4.79 Å². The van der Waals surface area contributed by atoms with Gasteiger partial charge in [-0.15, -0.1) is 0 Å². The molecule has 5 rings (SSSR count). The number of aromatic nitrogens is 3. The number of rotatable bonds is 7. The van der Waals surface area contributed by atoms with Crippen LogP contribution in [0.25, 0.3) is 10.9 Å². The molecule has 0 bridgehead atoms. The summed E-state index contributed by atoms with van der Waals surface area (Å²) in [5.74, 6) is 2.32. The fourth-order valence-corrected chi connectivity index (χ4v) is 4.54. The van der Waals surface area contributed by atoms with Crippen molar-refractivity contribution in [1.29, 1.82) is 0 Å². The third-order valence-electron chi connectivity index (χ3n) is 6.38. The van der Waals surface area contributed by atoms with E-state index in [1.54, 1.807) is 18.3 Å². The van der Waals surface area contributed by atoms with Crippen molar-refractivity contribution in [2.45, 2.75) is 45.2 Å². The van der Waals surface area contributed by atoms with E-state index < -0.39 is 0 Å². The first-order valence-electron chi connectivity index (χ1n) is 12.3. The van der Waals surface area contributed by atoms with E-state index in [9.17, 15) is 4.79 Å². The van der Waals surface area contributed by atoms with Crippen LogP contribution in [0.15, 0.2) is 72.9 Å². The van der Waals surface area contributed by atoms with E-state index in [-0.39, 0.29) is 25.4 Å². The molecule has 1 amide bonds. The van der Waals surface area contributed by atoms with Crippen LogP contribution in [0.4, 0.5) is 11.8 Å². The van der Waals surface area contributed by atoms with Crippen LogP contribution in [0.5, 0.6) is 11.6 Å². The summed E-state index contributed by atoms with van der Waals surface area (Å²) < 4.78 is 5.86. The molecule has 0 unspecified atom stereocenters. The lowest BCUT2D eigenvalue weighted by atomic mass is 9.91. The van der Waals surface area contributed by atoms with Crippen LogP contribution < -0.4 is 20.3 Å². The van der Waals surface area contributed by atoms with E-state index in [0.717, 1.165) is 42.4 Å². The molecule has 37 heavy (non-hydrogen) atoms. The van der Waals surface area contributed by atoms with Crippen molar-refractivity contribution in [3.63, 3.8) is 0 Å². The maximum atomic E-state index is 13.1. The van der Waals surface area contributed by atoms with Crippen molar-refractivity contribution in [2.24, 2.45) is 0 Å². The third-order valence-corrected chi connectivity index (χ3v) is 6.38. The number of benzene rings is 2. The van der Waals surface area contributed by atoms with E-state index in [4.69, 9.17) is 14.7 Å². The van der Waals surface area contributed by atoms with Gasteiger partial charge in [0.05, 0.1) is 5.52 Å². The Balaban J connectivity index is 0.00000320. The van der Waals surface area contributed by atoms with Crippen molar-refractivity contribution >= 4 is 28.6 Å². The lowest BCUT2D eigenvalue weighted by molar-refractivity contribution is 0.0923. The summed E-state index contributed by atoms with van der Waals surface area (Å²) in [6.07, 6.45) is 5.19. The maximum absolute atomic E-state index is 13.1. The minimum absolute atomic E-state index is 0. The van der Waals surface area contributed by atoms with Crippen molar-refractivity contribution in [1.82, 2.24) is 20.3 Å². The Morgan fingerprint density at radius 3 is 2.35 bits per heavy atom. The Morgan fingerprint density at radius 2 is 1.59 bits per heavy atom. The first-order chi connectivity index (χ1) is 17.6. The highest BCUT2D eigenvalue weighted by Gasteiger charge is 2.25. The molecule has 1 aliphatic rings. The molecule has 2 aromatic carbocycles. The number of carbonyl (C=O) groups is 1. The molecular weight excluding hydrogens is 464 g/mol. The highest BCUT2D eigenvalue weighted by atomic mass is 16.5. The molecule has 0 aliphatic heterocycles. The number of hydrogen-bond acceptors (Lipinski definition) is 7. The van der Waals surface area contributed by atoms with E-state index in [2.05, 4.69) is 15.6 Å². The fourth-order valence-electron chi connectivity index (χ4n) is 4.54. The summed E-state index contributed by atoms with van der Waals surface area (Å²) in [6.45, 7) is 0. The topological polar surface area (TPSA) is 92.3 Å². The van der Waals surface area contributed by atoms with Crippen molar-refractivity contribution < 1.29 is 9.53 Å². The molecule has 2 aromatic heterocycles. The van der Waals surface area contributed by atoms with E-state index in [0.29, 0.717) is 23.1 Å². The summed E-state index contributed by atoms with van der Waals surface area (Å²) in [7, 11) is 3.98. The van der Waals surface area contributed by atoms with Gasteiger partial charge in [0.1, 0.15) is 17.1 Å². The number of ether oxygens (including phenoxy) is 1. The molecule has 1 aliphatic carbocycles. The number of amides is 1. The first kappa shape index (κ1) is 25.9. The third kappa shape index (κ3) is 6.14. The molecule has 0 spiro atoms. The maximum Gasteiger partial charge on any atom is 0.257 e. The predicted molar refractivity (Wildman–Crippen MR) is 148 cm³/mol. The van der Waals surface area contributed by atoms with Crippen LogP contribution in [0.2, 0.25) is 0 Å². The monoisotopic (exact) mass is 498 g/mol. The van der Waals surface area contributed by atoms with Crippen molar-refractivity contribution in [3.8, 4) is 11.6 Å². The molecule has 192 valence electrons. The predicted octanol–water partition coefficient (Wildman–Crippen LogP) is 5.67. The summed E-state index contributed by atoms with van der Waals surface area (Å²) in [5, 5.41) is 7.72. The molecule has 0 saturated heterocycles. The van der Waals surface area contributed by atoms with Gasteiger partial charge in [-0.1, -0.05) is 37.8 Å². The molecule has 4 aromatic rings. The lowest BCUT2D eigenvalue weighted by Gasteiger charge is -2.30. The molecule has 1 fully saturated rings. The van der Waals surface area contributed by atoms with E-state index in [1.807, 2.05) is 73.6 Å². The van der Waals surface area contributed by atoms with Crippen molar-refractivity contribution in [3.05, 3.63) is 78.5 Å². The molecule has 0 radical (unpaired) electrons. The molecule has 8 nitrogen and oxygen atoms in total. The highest BCUT2D eigenvalue weighted by Crippen LogP contribution is 2.27. The second-order valence-electron chi connectivity index (χ2n) is 9.22. The smallest absolute Gasteiger partial charge is 0.257 e. The van der Waals surface area contributed by atoms with Gasteiger partial charge in [-0.25, -0.2) is 9.97 Å². The Hall–Kier alpha value is -4.20. The van der Waals surface area contributed by atoms with Gasteiger partial charge >= 0.3 is 0 Å². The first-order valence-corrected chi connectivity index (χ1v) is 12.3. The van der Waals surface area contributed by atoms with Crippen molar-refractivity contribution in [2.75, 3.05) is 24.3 Å². The van der Waals surface area contributed by atoms with Crippen LogP contribution in [-0.2, 0) is 0 Å². The largest absolute Gasteiger partial charge is 0.438 e. The van der Waals surface area contributed by atoms with E-state index >= 15 is 0 Å². The summed E-state index contributed by atoms with van der Waals surface area (Å²) in [6, 6.07) is 21.2. The number of pyridine rings is 1. The molecule has 1 saturated carbocycles. The normalized spacial score (nSPS) is 16.9. The van der Waals surface area contributed by atoms with Gasteiger partial charge in [0.25, 0.3) is 5.91 Å². The SMILES string of the molecule is C.CN(C)c1nc(NC2CCC(NC(=O)c3cccnc3Oc3ccccc3)CC2)nc2ccccc12. The standard InChI is InChI=1S/C28H30N6O2.CH4/c1-34(2)25-22-11-6-7-13-24(22)32-28(33-25)31-20-16-14-19(15-17-20)30-26(35)23-12-8-18-29-27(23)36-21-9-4-3-5-10-21;/h3-13,18-20H,14-17H2,1-2H3,(H,30,35)(H,31,32,33);1H4. The zero-order valence-corrected chi connectivity index (χ0v) is 20.5. The Morgan fingerprint density at radius 1 is 0.892 bits per heavy atom. The molecule has 2 heterocycles.